The van der Waals surface area contributed by atoms with Crippen LogP contribution in [0.5, 0.6) is 0 Å². The summed E-state index contributed by atoms with van der Waals surface area (Å²) in [5.74, 6) is -0.621. The lowest BCUT2D eigenvalue weighted by Crippen LogP contribution is -2.35. The van der Waals surface area contributed by atoms with Crippen molar-refractivity contribution in [2.75, 3.05) is 6.61 Å². The maximum absolute atomic E-state index is 8.98. The van der Waals surface area contributed by atoms with E-state index in [1.54, 1.807) is 0 Å². The Hall–Kier alpha value is -0.200. The van der Waals surface area contributed by atoms with Gasteiger partial charge in [0.15, 0.2) is 5.79 Å². The van der Waals surface area contributed by atoms with Crippen LogP contribution in [0.15, 0.2) is 0 Å². The third kappa shape index (κ3) is 1.47. The first-order valence-corrected chi connectivity index (χ1v) is 4.41. The number of aliphatic hydroxyl groups is 1. The molecule has 5 nitrogen and oxygen atoms in total. The molecule has 2 fully saturated rings. The highest BCUT2D eigenvalue weighted by atomic mass is 16.8. The maximum atomic E-state index is 8.98. The van der Waals surface area contributed by atoms with Crippen molar-refractivity contribution in [3.63, 3.8) is 0 Å². The Kier molecular flexibility index (Phi) is 2.08. The first-order chi connectivity index (χ1) is 6.03. The third-order valence-electron chi connectivity index (χ3n) is 2.37. The normalized spacial score (nSPS) is 48.0. The maximum Gasteiger partial charge on any atom is 0.164 e. The average molecular weight is 189 g/mol. The molecule has 0 aliphatic carbocycles. The summed E-state index contributed by atoms with van der Waals surface area (Å²) in [4.78, 5) is 0. The minimum Gasteiger partial charge on any atom is -0.394 e. The summed E-state index contributed by atoms with van der Waals surface area (Å²) in [5, 5.41) is 8.98. The largest absolute Gasteiger partial charge is 0.394 e. The molecule has 0 spiro atoms. The summed E-state index contributed by atoms with van der Waals surface area (Å²) in [6.07, 6.45) is -1.35. The molecule has 0 amide bonds. The number of fused-ring (bicyclic) bond motifs is 1. The van der Waals surface area contributed by atoms with E-state index in [0.29, 0.717) is 0 Å². The number of hydrogen-bond donors (Lipinski definition) is 2. The van der Waals surface area contributed by atoms with E-state index in [1.165, 1.54) is 0 Å². The van der Waals surface area contributed by atoms with Gasteiger partial charge in [0.05, 0.1) is 6.61 Å². The van der Waals surface area contributed by atoms with Crippen molar-refractivity contribution in [1.82, 2.24) is 0 Å². The average Bonchev–Trinajstić information content (AvgIpc) is 2.47. The van der Waals surface area contributed by atoms with Crippen LogP contribution in [0.3, 0.4) is 0 Å². The molecular formula is C8H15NO4. The van der Waals surface area contributed by atoms with E-state index < -0.39 is 12.0 Å². The number of aliphatic hydroxyl groups excluding tert-OH is 1. The molecule has 0 aromatic heterocycles. The molecule has 2 heterocycles. The summed E-state index contributed by atoms with van der Waals surface area (Å²) in [5.41, 5.74) is 5.67. The van der Waals surface area contributed by atoms with Crippen molar-refractivity contribution in [2.45, 2.75) is 44.2 Å². The van der Waals surface area contributed by atoms with Crippen molar-refractivity contribution in [2.24, 2.45) is 5.73 Å². The van der Waals surface area contributed by atoms with Gasteiger partial charge in [-0.3, -0.25) is 0 Å². The monoisotopic (exact) mass is 189 g/mol. The highest BCUT2D eigenvalue weighted by Gasteiger charge is 2.53. The molecule has 4 unspecified atom stereocenters. The predicted molar refractivity (Wildman–Crippen MR) is 43.8 cm³/mol. The Morgan fingerprint density at radius 1 is 1.31 bits per heavy atom. The minimum atomic E-state index is -0.621. The van der Waals surface area contributed by atoms with Crippen LogP contribution in [0.2, 0.25) is 0 Å². The van der Waals surface area contributed by atoms with Crippen molar-refractivity contribution < 1.29 is 19.3 Å². The Bertz CT molecular complexity index is 208. The van der Waals surface area contributed by atoms with Gasteiger partial charge in [0, 0.05) is 0 Å². The van der Waals surface area contributed by atoms with Crippen LogP contribution in [-0.4, -0.2) is 42.0 Å². The molecule has 3 N–H and O–H groups in total. The molecule has 0 bridgehead atoms. The second kappa shape index (κ2) is 2.90. The zero-order chi connectivity index (χ0) is 9.64. The van der Waals surface area contributed by atoms with Gasteiger partial charge in [-0.25, -0.2) is 0 Å². The van der Waals surface area contributed by atoms with Crippen LogP contribution in [0.1, 0.15) is 13.8 Å². The summed E-state index contributed by atoms with van der Waals surface area (Å²) in [6, 6.07) is 0. The van der Waals surface area contributed by atoms with Crippen molar-refractivity contribution in [3.8, 4) is 0 Å². The van der Waals surface area contributed by atoms with E-state index >= 15 is 0 Å². The summed E-state index contributed by atoms with van der Waals surface area (Å²) in [6.45, 7) is 3.56. The molecule has 0 saturated carbocycles. The zero-order valence-corrected chi connectivity index (χ0v) is 7.77. The first-order valence-electron chi connectivity index (χ1n) is 4.41. The molecule has 4 atom stereocenters. The van der Waals surface area contributed by atoms with Crippen LogP contribution >= 0.6 is 0 Å². The molecule has 2 aliphatic heterocycles. The van der Waals surface area contributed by atoms with Crippen LogP contribution in [0, 0.1) is 0 Å². The smallest absolute Gasteiger partial charge is 0.164 e. The van der Waals surface area contributed by atoms with E-state index in [1.807, 2.05) is 13.8 Å². The molecule has 0 radical (unpaired) electrons. The molecular weight excluding hydrogens is 174 g/mol. The fourth-order valence-corrected chi connectivity index (χ4v) is 1.86. The fourth-order valence-electron chi connectivity index (χ4n) is 1.86. The van der Waals surface area contributed by atoms with E-state index in [0.717, 1.165) is 0 Å². The number of ether oxygens (including phenoxy) is 3. The van der Waals surface area contributed by atoms with Crippen LogP contribution in [-0.2, 0) is 14.2 Å². The second-order valence-corrected chi connectivity index (χ2v) is 3.89. The number of hydrogen-bond acceptors (Lipinski definition) is 5. The lowest BCUT2D eigenvalue weighted by Gasteiger charge is -2.21. The van der Waals surface area contributed by atoms with Crippen molar-refractivity contribution in [1.29, 1.82) is 0 Å². The molecule has 5 heteroatoms. The number of rotatable bonds is 1. The Labute approximate surface area is 76.8 Å². The number of nitrogens with two attached hydrogens (primary N) is 1. The quantitative estimate of drug-likeness (QED) is 0.564. The van der Waals surface area contributed by atoms with E-state index in [4.69, 9.17) is 25.1 Å². The van der Waals surface area contributed by atoms with Crippen LogP contribution in [0.4, 0.5) is 0 Å². The second-order valence-electron chi connectivity index (χ2n) is 3.89. The van der Waals surface area contributed by atoms with E-state index in [2.05, 4.69) is 0 Å². The van der Waals surface area contributed by atoms with Crippen LogP contribution < -0.4 is 5.73 Å². The Balaban J connectivity index is 2.12. The van der Waals surface area contributed by atoms with Gasteiger partial charge in [-0.2, -0.15) is 0 Å². The van der Waals surface area contributed by atoms with Crippen molar-refractivity contribution >= 4 is 0 Å². The van der Waals surface area contributed by atoms with Gasteiger partial charge in [0.2, 0.25) is 0 Å². The van der Waals surface area contributed by atoms with Crippen molar-refractivity contribution in [3.05, 3.63) is 0 Å². The zero-order valence-electron chi connectivity index (χ0n) is 7.77. The topological polar surface area (TPSA) is 73.9 Å². The standard InChI is InChI=1S/C8H15NO4/c1-8(2)12-5-4(3-10)11-7(9)6(5)13-8/h4-7,10H,3,9H2,1-2H3. The van der Waals surface area contributed by atoms with Gasteiger partial charge < -0.3 is 25.1 Å². The van der Waals surface area contributed by atoms with Crippen LogP contribution in [0.25, 0.3) is 0 Å². The molecule has 13 heavy (non-hydrogen) atoms. The van der Waals surface area contributed by atoms with Gasteiger partial charge in [-0.1, -0.05) is 0 Å². The molecule has 2 saturated heterocycles. The lowest BCUT2D eigenvalue weighted by atomic mass is 10.1. The molecule has 2 rings (SSSR count). The van der Waals surface area contributed by atoms with Gasteiger partial charge in [-0.15, -0.1) is 0 Å². The fraction of sp³-hybridized carbons (Fsp3) is 1.00. The summed E-state index contributed by atoms with van der Waals surface area (Å²) >= 11 is 0. The Morgan fingerprint density at radius 2 is 1.92 bits per heavy atom. The van der Waals surface area contributed by atoms with Gasteiger partial charge in [0.25, 0.3) is 0 Å². The Morgan fingerprint density at radius 3 is 2.54 bits per heavy atom. The molecule has 0 aromatic carbocycles. The highest BCUT2D eigenvalue weighted by Crippen LogP contribution is 2.36. The van der Waals surface area contributed by atoms with E-state index in [9.17, 15) is 0 Å². The summed E-state index contributed by atoms with van der Waals surface area (Å²) in [7, 11) is 0. The van der Waals surface area contributed by atoms with Gasteiger partial charge >= 0.3 is 0 Å². The minimum absolute atomic E-state index is 0.0890. The molecule has 76 valence electrons. The lowest BCUT2D eigenvalue weighted by molar-refractivity contribution is -0.189. The summed E-state index contributed by atoms with van der Waals surface area (Å²) < 4.78 is 16.3. The highest BCUT2D eigenvalue weighted by molar-refractivity contribution is 4.95. The molecule has 0 aromatic rings. The van der Waals surface area contributed by atoms with E-state index in [-0.39, 0.29) is 24.9 Å². The SMILES string of the molecule is CC1(C)OC2C(N)OC(CO)C2O1. The van der Waals surface area contributed by atoms with Gasteiger partial charge in [-0.05, 0) is 13.8 Å². The van der Waals surface area contributed by atoms with Gasteiger partial charge in [0.1, 0.15) is 24.5 Å². The first kappa shape index (κ1) is 9.36. The molecule has 2 aliphatic rings. The predicted octanol–water partition coefficient (Wildman–Crippen LogP) is -0.818. The third-order valence-corrected chi connectivity index (χ3v) is 2.37.